The van der Waals surface area contributed by atoms with E-state index in [-0.39, 0.29) is 5.91 Å². The molecule has 2 heterocycles. The van der Waals surface area contributed by atoms with Crippen molar-refractivity contribution in [3.63, 3.8) is 0 Å². The minimum Gasteiger partial charge on any atom is -0.441 e. The monoisotopic (exact) mass is 420 g/mol. The average Bonchev–Trinajstić information content (AvgIpc) is 3.20. The summed E-state index contributed by atoms with van der Waals surface area (Å²) in [5, 5.41) is 8.16. The molecule has 2 aromatic carbocycles. The molecule has 0 spiro atoms. The number of carbonyl (C=O) groups is 1. The SMILES string of the molecule is Cc1nc2cc(NC(=O)/C=C/c3c(C)nn(Cc4ccccc4Cl)c3C)ccc2o1. The molecule has 0 radical (unpaired) electrons. The molecule has 152 valence electrons. The molecule has 7 heteroatoms. The van der Waals surface area contributed by atoms with Crippen LogP contribution in [0.15, 0.2) is 53.0 Å². The molecule has 1 amide bonds. The first-order valence-corrected chi connectivity index (χ1v) is 9.92. The van der Waals surface area contributed by atoms with E-state index in [2.05, 4.69) is 15.4 Å². The minimum atomic E-state index is -0.229. The highest BCUT2D eigenvalue weighted by atomic mass is 35.5. The maximum atomic E-state index is 12.4. The van der Waals surface area contributed by atoms with Gasteiger partial charge in [0.1, 0.15) is 5.52 Å². The Labute approximate surface area is 179 Å². The van der Waals surface area contributed by atoms with Crippen LogP contribution in [0, 0.1) is 20.8 Å². The number of amides is 1. The van der Waals surface area contributed by atoms with E-state index in [1.807, 2.05) is 42.8 Å². The number of nitrogens with zero attached hydrogens (tertiary/aromatic N) is 3. The summed E-state index contributed by atoms with van der Waals surface area (Å²) < 4.78 is 7.35. The molecule has 0 saturated carbocycles. The van der Waals surface area contributed by atoms with E-state index in [0.717, 1.165) is 22.5 Å². The van der Waals surface area contributed by atoms with Crippen molar-refractivity contribution in [2.24, 2.45) is 0 Å². The number of hydrogen-bond acceptors (Lipinski definition) is 4. The second kappa shape index (κ2) is 8.16. The van der Waals surface area contributed by atoms with Crippen molar-refractivity contribution < 1.29 is 9.21 Å². The van der Waals surface area contributed by atoms with E-state index >= 15 is 0 Å². The predicted molar refractivity (Wildman–Crippen MR) is 119 cm³/mol. The van der Waals surface area contributed by atoms with Gasteiger partial charge in [0.05, 0.1) is 12.2 Å². The van der Waals surface area contributed by atoms with Gasteiger partial charge >= 0.3 is 0 Å². The molecule has 6 nitrogen and oxygen atoms in total. The van der Waals surface area contributed by atoms with Crippen molar-refractivity contribution in [1.29, 1.82) is 0 Å². The molecular formula is C23H21ClN4O2. The number of carbonyl (C=O) groups excluding carboxylic acids is 1. The number of nitrogens with one attached hydrogen (secondary N) is 1. The van der Waals surface area contributed by atoms with Crippen LogP contribution in [0.1, 0.15) is 28.4 Å². The van der Waals surface area contributed by atoms with Gasteiger partial charge in [0, 0.05) is 35.0 Å². The Balaban J connectivity index is 1.49. The standard InChI is InChI=1S/C23H21ClN4O2/c1-14-19(15(2)28(27-14)13-17-6-4-5-7-20(17)24)9-11-23(29)26-18-8-10-22-21(12-18)25-16(3)30-22/h4-12H,13H2,1-3H3,(H,26,29)/b11-9+. The molecule has 0 aliphatic carbocycles. The summed E-state index contributed by atoms with van der Waals surface area (Å²) in [4.78, 5) is 16.7. The molecule has 1 N–H and O–H groups in total. The molecule has 0 atom stereocenters. The van der Waals surface area contributed by atoms with E-state index < -0.39 is 0 Å². The smallest absolute Gasteiger partial charge is 0.248 e. The Morgan fingerprint density at radius 3 is 2.80 bits per heavy atom. The lowest BCUT2D eigenvalue weighted by Crippen LogP contribution is -2.07. The maximum absolute atomic E-state index is 12.4. The minimum absolute atomic E-state index is 0.229. The largest absolute Gasteiger partial charge is 0.441 e. The van der Waals surface area contributed by atoms with Gasteiger partial charge in [-0.1, -0.05) is 29.8 Å². The fourth-order valence-corrected chi connectivity index (χ4v) is 3.55. The number of aryl methyl sites for hydroxylation is 2. The molecule has 0 unspecified atom stereocenters. The Kier molecular flexibility index (Phi) is 5.42. The molecule has 4 aromatic rings. The summed E-state index contributed by atoms with van der Waals surface area (Å²) in [5.74, 6) is 0.361. The first kappa shape index (κ1) is 19.9. The number of anilines is 1. The summed E-state index contributed by atoms with van der Waals surface area (Å²) in [6.07, 6.45) is 3.30. The summed E-state index contributed by atoms with van der Waals surface area (Å²) in [6, 6.07) is 13.1. The third-order valence-electron chi connectivity index (χ3n) is 4.88. The zero-order valence-corrected chi connectivity index (χ0v) is 17.7. The Hall–Kier alpha value is -3.38. The lowest BCUT2D eigenvalue weighted by molar-refractivity contribution is -0.111. The molecule has 0 fully saturated rings. The average molecular weight is 421 g/mol. The van der Waals surface area contributed by atoms with E-state index in [1.165, 1.54) is 6.08 Å². The van der Waals surface area contributed by atoms with Crippen LogP contribution in [-0.2, 0) is 11.3 Å². The Morgan fingerprint density at radius 1 is 1.20 bits per heavy atom. The highest BCUT2D eigenvalue weighted by molar-refractivity contribution is 6.31. The molecule has 2 aromatic heterocycles. The highest BCUT2D eigenvalue weighted by Crippen LogP contribution is 2.21. The summed E-state index contributed by atoms with van der Waals surface area (Å²) in [7, 11) is 0. The molecule has 0 saturated heterocycles. The van der Waals surface area contributed by atoms with Crippen LogP contribution in [0.4, 0.5) is 5.69 Å². The second-order valence-corrected chi connectivity index (χ2v) is 7.48. The quantitative estimate of drug-likeness (QED) is 0.444. The van der Waals surface area contributed by atoms with Gasteiger partial charge in [0.25, 0.3) is 0 Å². The number of aromatic nitrogens is 3. The van der Waals surface area contributed by atoms with Crippen LogP contribution < -0.4 is 5.32 Å². The number of rotatable bonds is 5. The van der Waals surface area contributed by atoms with E-state index in [9.17, 15) is 4.79 Å². The van der Waals surface area contributed by atoms with E-state index in [4.69, 9.17) is 16.0 Å². The van der Waals surface area contributed by atoms with Crippen LogP contribution in [0.2, 0.25) is 5.02 Å². The van der Waals surface area contributed by atoms with Crippen LogP contribution in [0.5, 0.6) is 0 Å². The molecule has 0 aliphatic rings. The Bertz CT molecular complexity index is 1270. The van der Waals surface area contributed by atoms with Gasteiger partial charge in [-0.2, -0.15) is 5.10 Å². The number of benzene rings is 2. The van der Waals surface area contributed by atoms with Gasteiger partial charge < -0.3 is 9.73 Å². The van der Waals surface area contributed by atoms with Crippen LogP contribution in [0.25, 0.3) is 17.2 Å². The number of fused-ring (bicyclic) bond motifs is 1. The van der Waals surface area contributed by atoms with Crippen LogP contribution >= 0.6 is 11.6 Å². The normalized spacial score (nSPS) is 11.5. The first-order chi connectivity index (χ1) is 14.4. The van der Waals surface area contributed by atoms with Crippen molar-refractivity contribution in [2.75, 3.05) is 5.32 Å². The molecule has 4 rings (SSSR count). The van der Waals surface area contributed by atoms with Gasteiger partial charge in [0.15, 0.2) is 11.5 Å². The van der Waals surface area contributed by atoms with Crippen molar-refractivity contribution in [2.45, 2.75) is 27.3 Å². The number of oxazole rings is 1. The number of hydrogen-bond donors (Lipinski definition) is 1. The number of halogens is 1. The zero-order chi connectivity index (χ0) is 21.3. The van der Waals surface area contributed by atoms with Gasteiger partial charge in [0.2, 0.25) is 5.91 Å². The summed E-state index contributed by atoms with van der Waals surface area (Å²) >= 11 is 6.27. The Morgan fingerprint density at radius 2 is 2.00 bits per heavy atom. The molecular weight excluding hydrogens is 400 g/mol. The molecule has 0 bridgehead atoms. The fourth-order valence-electron chi connectivity index (χ4n) is 3.36. The van der Waals surface area contributed by atoms with Gasteiger partial charge in [-0.25, -0.2) is 4.98 Å². The van der Waals surface area contributed by atoms with Gasteiger partial charge in [-0.3, -0.25) is 9.48 Å². The highest BCUT2D eigenvalue weighted by Gasteiger charge is 2.11. The first-order valence-electron chi connectivity index (χ1n) is 9.54. The molecule has 30 heavy (non-hydrogen) atoms. The third-order valence-corrected chi connectivity index (χ3v) is 5.25. The summed E-state index contributed by atoms with van der Waals surface area (Å²) in [6.45, 7) is 6.27. The van der Waals surface area contributed by atoms with Crippen molar-refractivity contribution in [3.05, 3.63) is 82.0 Å². The lowest BCUT2D eigenvalue weighted by Gasteiger charge is -2.06. The lowest BCUT2D eigenvalue weighted by atomic mass is 10.1. The third kappa shape index (κ3) is 4.14. The van der Waals surface area contributed by atoms with Crippen LogP contribution in [0.3, 0.4) is 0 Å². The van der Waals surface area contributed by atoms with E-state index in [0.29, 0.717) is 34.2 Å². The van der Waals surface area contributed by atoms with Gasteiger partial charge in [-0.15, -0.1) is 0 Å². The van der Waals surface area contributed by atoms with Crippen molar-refractivity contribution in [1.82, 2.24) is 14.8 Å². The van der Waals surface area contributed by atoms with Gasteiger partial charge in [-0.05, 0) is 49.8 Å². The van der Waals surface area contributed by atoms with Crippen LogP contribution in [-0.4, -0.2) is 20.7 Å². The van der Waals surface area contributed by atoms with Crippen molar-refractivity contribution >= 4 is 40.4 Å². The maximum Gasteiger partial charge on any atom is 0.248 e. The predicted octanol–water partition coefficient (Wildman–Crippen LogP) is 5.30. The topological polar surface area (TPSA) is 73.0 Å². The second-order valence-electron chi connectivity index (χ2n) is 7.07. The van der Waals surface area contributed by atoms with Crippen molar-refractivity contribution in [3.8, 4) is 0 Å². The van der Waals surface area contributed by atoms with E-state index in [1.54, 1.807) is 31.2 Å². The summed E-state index contributed by atoms with van der Waals surface area (Å²) in [5.41, 5.74) is 5.80. The zero-order valence-electron chi connectivity index (χ0n) is 16.9. The molecule has 0 aliphatic heterocycles. The fraction of sp³-hybridized carbons (Fsp3) is 0.174.